The molecule has 0 heterocycles. The van der Waals surface area contributed by atoms with Crippen LogP contribution in [-0.2, 0) is 9.59 Å². The van der Waals surface area contributed by atoms with E-state index in [9.17, 15) is 9.59 Å². The maximum atomic E-state index is 9.80. The first-order valence-electron chi connectivity index (χ1n) is 2.94. The summed E-state index contributed by atoms with van der Waals surface area (Å²) in [6.45, 7) is 1.86. The number of rotatable bonds is 5. The van der Waals surface area contributed by atoms with E-state index in [2.05, 4.69) is 5.32 Å². The van der Waals surface area contributed by atoms with Crippen molar-refractivity contribution in [3.05, 3.63) is 0 Å². The monoisotopic (exact) mass is 129 g/mol. The van der Waals surface area contributed by atoms with E-state index in [1.54, 1.807) is 0 Å². The van der Waals surface area contributed by atoms with Crippen LogP contribution in [0, 0.1) is 0 Å². The van der Waals surface area contributed by atoms with Gasteiger partial charge in [0.25, 0.3) is 0 Å². The predicted octanol–water partition coefficient (Wildman–Crippen LogP) is 0.1000. The largest absolute Gasteiger partial charge is 0.356 e. The fraction of sp³-hybridized carbons (Fsp3) is 0.667. The lowest BCUT2D eigenvalue weighted by molar-refractivity contribution is -0.111. The average molecular weight is 129 g/mol. The summed E-state index contributed by atoms with van der Waals surface area (Å²) in [7, 11) is 0. The third kappa shape index (κ3) is 5.00. The Morgan fingerprint density at radius 3 is 2.67 bits per heavy atom. The van der Waals surface area contributed by atoms with E-state index < -0.39 is 0 Å². The second kappa shape index (κ2) is 5.28. The van der Waals surface area contributed by atoms with Crippen LogP contribution in [0.1, 0.15) is 19.8 Å². The number of aldehydes is 1. The molecule has 0 aliphatic rings. The minimum absolute atomic E-state index is 0.118. The molecule has 0 rings (SSSR count). The molecule has 0 saturated heterocycles. The van der Waals surface area contributed by atoms with Gasteiger partial charge in [-0.05, 0) is 13.3 Å². The van der Waals surface area contributed by atoms with E-state index in [0.29, 0.717) is 12.8 Å². The summed E-state index contributed by atoms with van der Waals surface area (Å²) in [5, 5.41) is 2.54. The minimum atomic E-state index is 0.118. The highest BCUT2D eigenvalue weighted by Crippen LogP contribution is 1.90. The number of amides is 1. The van der Waals surface area contributed by atoms with Crippen LogP contribution in [0.25, 0.3) is 0 Å². The van der Waals surface area contributed by atoms with Crippen LogP contribution in [0.3, 0.4) is 0 Å². The molecule has 1 atom stereocenters. The van der Waals surface area contributed by atoms with Gasteiger partial charge in [-0.15, -0.1) is 0 Å². The summed E-state index contributed by atoms with van der Waals surface area (Å²) < 4.78 is 0. The van der Waals surface area contributed by atoms with Gasteiger partial charge in [0, 0.05) is 12.5 Å². The zero-order chi connectivity index (χ0) is 7.11. The van der Waals surface area contributed by atoms with Crippen molar-refractivity contribution in [2.75, 3.05) is 0 Å². The second-order valence-corrected chi connectivity index (χ2v) is 1.93. The van der Waals surface area contributed by atoms with Crippen molar-refractivity contribution in [3.8, 4) is 0 Å². The molecule has 3 heteroatoms. The standard InChI is InChI=1S/C6H11NO2/c1-6(7-5-9)3-2-4-8/h4-6H,2-3H2,1H3,(H,7,9). The molecular formula is C6H11NO2. The molecule has 0 radical (unpaired) electrons. The van der Waals surface area contributed by atoms with E-state index >= 15 is 0 Å². The summed E-state index contributed by atoms with van der Waals surface area (Å²) in [4.78, 5) is 19.6. The molecule has 0 aromatic carbocycles. The van der Waals surface area contributed by atoms with Crippen LogP contribution in [0.5, 0.6) is 0 Å². The van der Waals surface area contributed by atoms with E-state index in [1.165, 1.54) is 0 Å². The number of hydrogen-bond donors (Lipinski definition) is 1. The maximum Gasteiger partial charge on any atom is 0.207 e. The Kier molecular flexibility index (Phi) is 4.78. The Morgan fingerprint density at radius 1 is 1.56 bits per heavy atom. The third-order valence-corrected chi connectivity index (χ3v) is 1.07. The highest BCUT2D eigenvalue weighted by atomic mass is 16.1. The Hall–Kier alpha value is -0.860. The molecule has 52 valence electrons. The zero-order valence-corrected chi connectivity index (χ0v) is 5.46. The molecule has 0 aliphatic carbocycles. The van der Waals surface area contributed by atoms with Crippen LogP contribution in [0.4, 0.5) is 0 Å². The zero-order valence-electron chi connectivity index (χ0n) is 5.46. The third-order valence-electron chi connectivity index (χ3n) is 1.07. The quantitative estimate of drug-likeness (QED) is 0.535. The number of carbonyl (C=O) groups excluding carboxylic acids is 2. The Labute approximate surface area is 54.4 Å². The molecule has 0 aromatic rings. The van der Waals surface area contributed by atoms with Gasteiger partial charge in [-0.3, -0.25) is 4.79 Å². The number of nitrogens with one attached hydrogen (secondary N) is 1. The summed E-state index contributed by atoms with van der Waals surface area (Å²) in [6.07, 6.45) is 2.74. The first-order valence-corrected chi connectivity index (χ1v) is 2.94. The summed E-state index contributed by atoms with van der Waals surface area (Å²) in [5.74, 6) is 0. The fourth-order valence-corrected chi connectivity index (χ4v) is 0.518. The first kappa shape index (κ1) is 8.14. The second-order valence-electron chi connectivity index (χ2n) is 1.93. The normalized spacial score (nSPS) is 12.1. The van der Waals surface area contributed by atoms with E-state index in [4.69, 9.17) is 0 Å². The predicted molar refractivity (Wildman–Crippen MR) is 34.0 cm³/mol. The molecule has 0 bridgehead atoms. The SMILES string of the molecule is CC(CCC=O)NC=O. The van der Waals surface area contributed by atoms with Crippen LogP contribution in [0.2, 0.25) is 0 Å². The summed E-state index contributed by atoms with van der Waals surface area (Å²) in [6, 6.07) is 0.118. The fourth-order valence-electron chi connectivity index (χ4n) is 0.518. The van der Waals surface area contributed by atoms with Crippen molar-refractivity contribution in [3.63, 3.8) is 0 Å². The minimum Gasteiger partial charge on any atom is -0.356 e. The number of carbonyl (C=O) groups is 2. The summed E-state index contributed by atoms with van der Waals surface area (Å²) in [5.41, 5.74) is 0. The lowest BCUT2D eigenvalue weighted by atomic mass is 10.2. The van der Waals surface area contributed by atoms with Gasteiger partial charge in [0.05, 0.1) is 0 Å². The lowest BCUT2D eigenvalue weighted by Crippen LogP contribution is -2.23. The molecule has 3 nitrogen and oxygen atoms in total. The van der Waals surface area contributed by atoms with Crippen molar-refractivity contribution < 1.29 is 9.59 Å². The first-order chi connectivity index (χ1) is 4.31. The van der Waals surface area contributed by atoms with Gasteiger partial charge < -0.3 is 10.1 Å². The molecule has 9 heavy (non-hydrogen) atoms. The van der Waals surface area contributed by atoms with Gasteiger partial charge in [-0.2, -0.15) is 0 Å². The van der Waals surface area contributed by atoms with Gasteiger partial charge in [0.1, 0.15) is 6.29 Å². The average Bonchev–Trinajstić information content (AvgIpc) is 1.85. The molecule has 1 amide bonds. The Morgan fingerprint density at radius 2 is 2.22 bits per heavy atom. The van der Waals surface area contributed by atoms with Crippen LogP contribution < -0.4 is 5.32 Å². The molecule has 1 unspecified atom stereocenters. The van der Waals surface area contributed by atoms with Gasteiger partial charge in [-0.25, -0.2) is 0 Å². The molecule has 0 aromatic heterocycles. The molecular weight excluding hydrogens is 118 g/mol. The summed E-state index contributed by atoms with van der Waals surface area (Å²) >= 11 is 0. The van der Waals surface area contributed by atoms with E-state index in [0.717, 1.165) is 12.7 Å². The molecule has 0 fully saturated rings. The van der Waals surface area contributed by atoms with Crippen LogP contribution in [-0.4, -0.2) is 18.7 Å². The van der Waals surface area contributed by atoms with Crippen LogP contribution >= 0.6 is 0 Å². The topological polar surface area (TPSA) is 46.2 Å². The van der Waals surface area contributed by atoms with Crippen LogP contribution in [0.15, 0.2) is 0 Å². The smallest absolute Gasteiger partial charge is 0.207 e. The Bertz CT molecular complexity index is 93.1. The van der Waals surface area contributed by atoms with Crippen molar-refractivity contribution in [1.82, 2.24) is 5.32 Å². The van der Waals surface area contributed by atoms with Gasteiger partial charge in [-0.1, -0.05) is 0 Å². The molecule has 0 spiro atoms. The molecule has 0 saturated carbocycles. The van der Waals surface area contributed by atoms with Gasteiger partial charge in [0.2, 0.25) is 6.41 Å². The highest BCUT2D eigenvalue weighted by molar-refractivity contribution is 5.50. The number of hydrogen-bond acceptors (Lipinski definition) is 2. The van der Waals surface area contributed by atoms with Gasteiger partial charge in [0.15, 0.2) is 0 Å². The maximum absolute atomic E-state index is 9.80. The lowest BCUT2D eigenvalue weighted by Gasteiger charge is -2.05. The van der Waals surface area contributed by atoms with E-state index in [-0.39, 0.29) is 6.04 Å². The molecule has 1 N–H and O–H groups in total. The van der Waals surface area contributed by atoms with Crippen molar-refractivity contribution >= 4 is 12.7 Å². The van der Waals surface area contributed by atoms with E-state index in [1.807, 2.05) is 6.92 Å². The highest BCUT2D eigenvalue weighted by Gasteiger charge is 1.96. The van der Waals surface area contributed by atoms with Gasteiger partial charge >= 0.3 is 0 Å². The Balaban J connectivity index is 3.14. The van der Waals surface area contributed by atoms with Crippen molar-refractivity contribution in [1.29, 1.82) is 0 Å². The van der Waals surface area contributed by atoms with Crippen molar-refractivity contribution in [2.45, 2.75) is 25.8 Å². The van der Waals surface area contributed by atoms with Crippen molar-refractivity contribution in [2.24, 2.45) is 0 Å². The molecule has 0 aliphatic heterocycles.